The molecule has 0 aliphatic heterocycles. The van der Waals surface area contributed by atoms with Crippen LogP contribution in [0.5, 0.6) is 0 Å². The second-order valence-electron chi connectivity index (χ2n) is 7.43. The molecule has 0 bridgehead atoms. The van der Waals surface area contributed by atoms with Crippen LogP contribution in [0.4, 0.5) is 0 Å². The third-order valence-electron chi connectivity index (χ3n) is 5.15. The number of rotatable bonds is 6. The van der Waals surface area contributed by atoms with E-state index in [1.54, 1.807) is 0 Å². The Bertz CT molecular complexity index is 248. The van der Waals surface area contributed by atoms with E-state index in [1.807, 2.05) is 0 Å². The molecule has 2 nitrogen and oxygen atoms in total. The summed E-state index contributed by atoms with van der Waals surface area (Å²) in [5.41, 5.74) is 0.591. The molecule has 2 saturated carbocycles. The second kappa shape index (κ2) is 5.92. The van der Waals surface area contributed by atoms with Crippen LogP contribution >= 0.6 is 0 Å². The van der Waals surface area contributed by atoms with Gasteiger partial charge in [0.15, 0.2) is 0 Å². The SMILES string of the molecule is CC(CCNC1CC1)N(C)C1CCC(C)(C)CC1. The quantitative estimate of drug-likeness (QED) is 0.779. The number of nitrogens with zero attached hydrogens (tertiary/aromatic N) is 1. The molecule has 18 heavy (non-hydrogen) atoms. The molecule has 2 aliphatic carbocycles. The molecule has 106 valence electrons. The van der Waals surface area contributed by atoms with E-state index in [4.69, 9.17) is 0 Å². The summed E-state index contributed by atoms with van der Waals surface area (Å²) in [5.74, 6) is 0. The van der Waals surface area contributed by atoms with E-state index in [0.717, 1.165) is 18.1 Å². The van der Waals surface area contributed by atoms with Gasteiger partial charge in [0, 0.05) is 18.1 Å². The Kier molecular flexibility index (Phi) is 4.71. The average molecular weight is 252 g/mol. The summed E-state index contributed by atoms with van der Waals surface area (Å²) in [6, 6.07) is 2.41. The lowest BCUT2D eigenvalue weighted by Crippen LogP contribution is -2.43. The fraction of sp³-hybridized carbons (Fsp3) is 1.00. The highest BCUT2D eigenvalue weighted by Crippen LogP contribution is 2.37. The minimum atomic E-state index is 0.591. The highest BCUT2D eigenvalue weighted by atomic mass is 15.2. The van der Waals surface area contributed by atoms with E-state index >= 15 is 0 Å². The standard InChI is InChI=1S/C16H32N2/c1-13(9-12-17-14-5-6-14)18(4)15-7-10-16(2,3)11-8-15/h13-15,17H,5-12H2,1-4H3. The van der Waals surface area contributed by atoms with Gasteiger partial charge in [-0.3, -0.25) is 0 Å². The Morgan fingerprint density at radius 1 is 1.17 bits per heavy atom. The van der Waals surface area contributed by atoms with E-state index in [2.05, 4.69) is 38.0 Å². The van der Waals surface area contributed by atoms with Crippen molar-refractivity contribution in [3.05, 3.63) is 0 Å². The lowest BCUT2D eigenvalue weighted by Gasteiger charge is -2.41. The summed E-state index contributed by atoms with van der Waals surface area (Å²) in [5, 5.41) is 3.63. The van der Waals surface area contributed by atoms with Crippen LogP contribution in [0, 0.1) is 5.41 Å². The molecule has 0 spiro atoms. The van der Waals surface area contributed by atoms with E-state index in [9.17, 15) is 0 Å². The smallest absolute Gasteiger partial charge is 0.00954 e. The predicted molar refractivity (Wildman–Crippen MR) is 78.9 cm³/mol. The maximum Gasteiger partial charge on any atom is 0.00954 e. The van der Waals surface area contributed by atoms with Crippen molar-refractivity contribution in [1.82, 2.24) is 10.2 Å². The van der Waals surface area contributed by atoms with Gasteiger partial charge in [-0.15, -0.1) is 0 Å². The van der Waals surface area contributed by atoms with Crippen molar-refractivity contribution < 1.29 is 0 Å². The lowest BCUT2D eigenvalue weighted by atomic mass is 9.75. The van der Waals surface area contributed by atoms with Gasteiger partial charge in [0.2, 0.25) is 0 Å². The largest absolute Gasteiger partial charge is 0.314 e. The van der Waals surface area contributed by atoms with E-state index in [-0.39, 0.29) is 0 Å². The van der Waals surface area contributed by atoms with Gasteiger partial charge < -0.3 is 10.2 Å². The molecule has 2 fully saturated rings. The molecule has 0 radical (unpaired) electrons. The molecule has 0 amide bonds. The molecule has 2 aliphatic rings. The van der Waals surface area contributed by atoms with Crippen molar-refractivity contribution in [3.8, 4) is 0 Å². The molecule has 0 aromatic rings. The molecule has 0 aromatic heterocycles. The van der Waals surface area contributed by atoms with Crippen molar-refractivity contribution in [2.45, 2.75) is 83.8 Å². The highest BCUT2D eigenvalue weighted by molar-refractivity contribution is 4.85. The highest BCUT2D eigenvalue weighted by Gasteiger charge is 2.30. The molecule has 1 atom stereocenters. The maximum atomic E-state index is 3.63. The van der Waals surface area contributed by atoms with Gasteiger partial charge in [-0.25, -0.2) is 0 Å². The summed E-state index contributed by atoms with van der Waals surface area (Å²) >= 11 is 0. The fourth-order valence-electron chi connectivity index (χ4n) is 3.14. The number of hydrogen-bond donors (Lipinski definition) is 1. The molecule has 1 unspecified atom stereocenters. The fourth-order valence-corrected chi connectivity index (χ4v) is 3.14. The van der Waals surface area contributed by atoms with E-state index < -0.39 is 0 Å². The monoisotopic (exact) mass is 252 g/mol. The van der Waals surface area contributed by atoms with E-state index in [0.29, 0.717) is 5.41 Å². The first-order chi connectivity index (χ1) is 8.48. The molecular weight excluding hydrogens is 220 g/mol. The van der Waals surface area contributed by atoms with Crippen molar-refractivity contribution in [3.63, 3.8) is 0 Å². The van der Waals surface area contributed by atoms with Gasteiger partial charge in [-0.1, -0.05) is 13.8 Å². The molecule has 0 aromatic carbocycles. The number of hydrogen-bond acceptors (Lipinski definition) is 2. The molecule has 0 saturated heterocycles. The first kappa shape index (κ1) is 14.3. The third-order valence-corrected chi connectivity index (χ3v) is 5.15. The van der Waals surface area contributed by atoms with Gasteiger partial charge >= 0.3 is 0 Å². The summed E-state index contributed by atoms with van der Waals surface area (Å²) in [6.45, 7) is 8.45. The van der Waals surface area contributed by atoms with Crippen molar-refractivity contribution in [2.75, 3.05) is 13.6 Å². The minimum absolute atomic E-state index is 0.591. The molecule has 1 N–H and O–H groups in total. The van der Waals surface area contributed by atoms with Crippen LogP contribution in [-0.4, -0.2) is 36.6 Å². The number of nitrogens with one attached hydrogen (secondary N) is 1. The van der Waals surface area contributed by atoms with Gasteiger partial charge in [-0.2, -0.15) is 0 Å². The van der Waals surface area contributed by atoms with Gasteiger partial charge in [0.25, 0.3) is 0 Å². The maximum absolute atomic E-state index is 3.63. The summed E-state index contributed by atoms with van der Waals surface area (Å²) in [7, 11) is 2.34. The molecule has 2 rings (SSSR count). The first-order valence-corrected chi connectivity index (χ1v) is 7.93. The van der Waals surface area contributed by atoms with Crippen LogP contribution in [0.1, 0.15) is 65.7 Å². The van der Waals surface area contributed by atoms with Crippen LogP contribution in [0.3, 0.4) is 0 Å². The summed E-state index contributed by atoms with van der Waals surface area (Å²) < 4.78 is 0. The average Bonchev–Trinajstić information content (AvgIpc) is 3.12. The third kappa shape index (κ3) is 4.24. The second-order valence-corrected chi connectivity index (χ2v) is 7.43. The first-order valence-electron chi connectivity index (χ1n) is 7.93. The van der Waals surface area contributed by atoms with E-state index in [1.165, 1.54) is 51.5 Å². The van der Waals surface area contributed by atoms with Crippen LogP contribution in [0.15, 0.2) is 0 Å². The topological polar surface area (TPSA) is 15.3 Å². The van der Waals surface area contributed by atoms with Crippen LogP contribution < -0.4 is 5.32 Å². The Hall–Kier alpha value is -0.0800. The van der Waals surface area contributed by atoms with Crippen molar-refractivity contribution in [2.24, 2.45) is 5.41 Å². The summed E-state index contributed by atoms with van der Waals surface area (Å²) in [4.78, 5) is 2.64. The Balaban J connectivity index is 1.67. The zero-order chi connectivity index (χ0) is 13.2. The molecule has 2 heteroatoms. The molecule has 0 heterocycles. The van der Waals surface area contributed by atoms with Crippen molar-refractivity contribution in [1.29, 1.82) is 0 Å². The predicted octanol–water partition coefficient (Wildman–Crippen LogP) is 3.42. The van der Waals surface area contributed by atoms with Crippen LogP contribution in [0.2, 0.25) is 0 Å². The van der Waals surface area contributed by atoms with Gasteiger partial charge in [0.1, 0.15) is 0 Å². The van der Waals surface area contributed by atoms with Gasteiger partial charge in [0.05, 0.1) is 0 Å². The minimum Gasteiger partial charge on any atom is -0.314 e. The Morgan fingerprint density at radius 2 is 1.78 bits per heavy atom. The molecular formula is C16H32N2. The van der Waals surface area contributed by atoms with Crippen molar-refractivity contribution >= 4 is 0 Å². The zero-order valence-electron chi connectivity index (χ0n) is 12.8. The lowest BCUT2D eigenvalue weighted by molar-refractivity contribution is 0.0969. The Morgan fingerprint density at radius 3 is 2.33 bits per heavy atom. The Labute approximate surface area is 114 Å². The van der Waals surface area contributed by atoms with Gasteiger partial charge in [-0.05, 0) is 70.9 Å². The van der Waals surface area contributed by atoms with Crippen LogP contribution in [0.25, 0.3) is 0 Å². The zero-order valence-corrected chi connectivity index (χ0v) is 12.8. The van der Waals surface area contributed by atoms with Crippen LogP contribution in [-0.2, 0) is 0 Å². The summed E-state index contributed by atoms with van der Waals surface area (Å²) in [6.07, 6.45) is 9.69. The normalized spacial score (nSPS) is 26.5.